The molecular formula is C14H12O3. The van der Waals surface area contributed by atoms with Gasteiger partial charge < -0.3 is 9.53 Å². The van der Waals surface area contributed by atoms with Crippen molar-refractivity contribution in [2.45, 2.75) is 6.92 Å². The van der Waals surface area contributed by atoms with Gasteiger partial charge in [0.05, 0.1) is 0 Å². The normalized spacial score (nSPS) is 12.1. The van der Waals surface area contributed by atoms with Gasteiger partial charge in [-0.15, -0.1) is 0 Å². The summed E-state index contributed by atoms with van der Waals surface area (Å²) in [6, 6.07) is 13.2. The van der Waals surface area contributed by atoms with E-state index in [1.54, 1.807) is 12.1 Å². The molecule has 0 N–H and O–H groups in total. The second-order valence-electron chi connectivity index (χ2n) is 3.85. The van der Waals surface area contributed by atoms with Crippen molar-refractivity contribution >= 4 is 23.0 Å². The van der Waals surface area contributed by atoms with Gasteiger partial charge in [-0.3, -0.25) is 4.79 Å². The summed E-state index contributed by atoms with van der Waals surface area (Å²) in [6.45, 7) is 1.51. The molecule has 0 saturated carbocycles. The lowest BCUT2D eigenvalue weighted by Gasteiger charge is -2.06. The molecule has 17 heavy (non-hydrogen) atoms. The van der Waals surface area contributed by atoms with Crippen molar-refractivity contribution in [2.75, 3.05) is 0 Å². The predicted molar refractivity (Wildman–Crippen MR) is 64.8 cm³/mol. The van der Waals surface area contributed by atoms with E-state index in [9.17, 15) is 9.59 Å². The fourth-order valence-electron chi connectivity index (χ4n) is 1.50. The number of esters is 1. The van der Waals surface area contributed by atoms with Crippen LogP contribution in [-0.4, -0.2) is 12.3 Å². The van der Waals surface area contributed by atoms with Crippen molar-refractivity contribution in [2.24, 2.45) is 5.92 Å². The van der Waals surface area contributed by atoms with E-state index in [1.165, 1.54) is 6.92 Å². The highest BCUT2D eigenvalue weighted by atomic mass is 16.5. The largest absolute Gasteiger partial charge is 0.426 e. The molecule has 0 spiro atoms. The van der Waals surface area contributed by atoms with E-state index in [4.69, 9.17) is 4.74 Å². The first-order chi connectivity index (χ1) is 8.20. The zero-order chi connectivity index (χ0) is 12.3. The van der Waals surface area contributed by atoms with Gasteiger partial charge >= 0.3 is 5.97 Å². The Morgan fingerprint density at radius 3 is 2.59 bits per heavy atom. The highest BCUT2D eigenvalue weighted by Crippen LogP contribution is 2.21. The van der Waals surface area contributed by atoms with Crippen molar-refractivity contribution in [3.8, 4) is 5.75 Å². The van der Waals surface area contributed by atoms with Crippen molar-refractivity contribution in [3.05, 3.63) is 42.5 Å². The van der Waals surface area contributed by atoms with E-state index in [1.807, 2.05) is 30.3 Å². The third-order valence-electron chi connectivity index (χ3n) is 2.52. The van der Waals surface area contributed by atoms with Crippen molar-refractivity contribution in [1.82, 2.24) is 0 Å². The number of hydrogen-bond donors (Lipinski definition) is 0. The van der Waals surface area contributed by atoms with Crippen molar-refractivity contribution in [1.29, 1.82) is 0 Å². The maximum atomic E-state index is 11.4. The van der Waals surface area contributed by atoms with Gasteiger partial charge in [-0.1, -0.05) is 30.3 Å². The zero-order valence-electron chi connectivity index (χ0n) is 9.42. The molecule has 86 valence electrons. The van der Waals surface area contributed by atoms with Crippen LogP contribution in [0.25, 0.3) is 10.8 Å². The van der Waals surface area contributed by atoms with Gasteiger partial charge in [0.2, 0.25) is 0 Å². The standard InChI is InChI=1S/C14H12O3/c1-10(9-15)14(16)17-13-7-6-11-4-2-3-5-12(11)8-13/h2-10H,1H3. The predicted octanol–water partition coefficient (Wildman–Crippen LogP) is 2.58. The molecule has 0 aliphatic heterocycles. The molecule has 2 rings (SSSR count). The number of fused-ring (bicyclic) bond motifs is 1. The lowest BCUT2D eigenvalue weighted by molar-refractivity contribution is -0.140. The second-order valence-corrected chi connectivity index (χ2v) is 3.85. The Bertz CT molecular complexity index is 560. The molecular weight excluding hydrogens is 216 g/mol. The minimum absolute atomic E-state index is 0.461. The fraction of sp³-hybridized carbons (Fsp3) is 0.143. The van der Waals surface area contributed by atoms with Crippen LogP contribution >= 0.6 is 0 Å². The Morgan fingerprint density at radius 2 is 1.88 bits per heavy atom. The van der Waals surface area contributed by atoms with Crippen LogP contribution in [0.4, 0.5) is 0 Å². The minimum Gasteiger partial charge on any atom is -0.426 e. The van der Waals surface area contributed by atoms with Crippen LogP contribution in [0.1, 0.15) is 6.92 Å². The molecule has 0 heterocycles. The lowest BCUT2D eigenvalue weighted by atomic mass is 10.1. The Balaban J connectivity index is 2.25. The summed E-state index contributed by atoms with van der Waals surface area (Å²) in [5.41, 5.74) is 0. The van der Waals surface area contributed by atoms with Crippen LogP contribution in [0, 0.1) is 5.92 Å². The van der Waals surface area contributed by atoms with E-state index >= 15 is 0 Å². The Hall–Kier alpha value is -2.16. The second kappa shape index (κ2) is 4.78. The number of aldehydes is 1. The van der Waals surface area contributed by atoms with E-state index in [-0.39, 0.29) is 0 Å². The molecule has 0 aromatic heterocycles. The summed E-state index contributed by atoms with van der Waals surface area (Å²) in [6.07, 6.45) is 0.573. The molecule has 0 aliphatic rings. The van der Waals surface area contributed by atoms with Gasteiger partial charge in [0.15, 0.2) is 0 Å². The Morgan fingerprint density at radius 1 is 1.18 bits per heavy atom. The SMILES string of the molecule is CC(C=O)C(=O)Oc1ccc2ccccc2c1. The Kier molecular flexibility index (Phi) is 3.19. The third kappa shape index (κ3) is 2.50. The highest BCUT2D eigenvalue weighted by molar-refractivity contribution is 5.89. The molecule has 0 saturated heterocycles. The summed E-state index contributed by atoms with van der Waals surface area (Å²) in [5.74, 6) is -0.806. The average Bonchev–Trinajstić information content (AvgIpc) is 2.37. The molecule has 3 nitrogen and oxygen atoms in total. The Labute approximate surface area is 99.0 Å². The lowest BCUT2D eigenvalue weighted by Crippen LogP contribution is -2.18. The summed E-state index contributed by atoms with van der Waals surface area (Å²) < 4.78 is 5.10. The van der Waals surface area contributed by atoms with Crippen LogP contribution in [0.15, 0.2) is 42.5 Å². The van der Waals surface area contributed by atoms with Gasteiger partial charge in [-0.05, 0) is 29.8 Å². The number of rotatable bonds is 3. The van der Waals surface area contributed by atoms with E-state index in [0.717, 1.165) is 10.8 Å². The maximum absolute atomic E-state index is 11.4. The molecule has 0 radical (unpaired) electrons. The molecule has 0 aliphatic carbocycles. The van der Waals surface area contributed by atoms with E-state index < -0.39 is 11.9 Å². The zero-order valence-corrected chi connectivity index (χ0v) is 9.42. The topological polar surface area (TPSA) is 43.4 Å². The molecule has 1 atom stereocenters. The summed E-state index contributed by atoms with van der Waals surface area (Å²) in [7, 11) is 0. The monoisotopic (exact) mass is 228 g/mol. The van der Waals surface area contributed by atoms with Crippen LogP contribution in [0.3, 0.4) is 0 Å². The highest BCUT2D eigenvalue weighted by Gasteiger charge is 2.13. The van der Waals surface area contributed by atoms with Crippen molar-refractivity contribution < 1.29 is 14.3 Å². The van der Waals surface area contributed by atoms with Crippen LogP contribution in [0.5, 0.6) is 5.75 Å². The quantitative estimate of drug-likeness (QED) is 0.351. The molecule has 2 aromatic rings. The van der Waals surface area contributed by atoms with Crippen LogP contribution in [-0.2, 0) is 9.59 Å². The summed E-state index contributed by atoms with van der Waals surface area (Å²) in [4.78, 5) is 21.9. The number of ether oxygens (including phenoxy) is 1. The molecule has 1 unspecified atom stereocenters. The number of carbonyl (C=O) groups excluding carboxylic acids is 2. The first kappa shape index (κ1) is 11.3. The molecule has 3 heteroatoms. The summed E-state index contributed by atoms with van der Waals surface area (Å²) >= 11 is 0. The first-order valence-electron chi connectivity index (χ1n) is 5.36. The van der Waals surface area contributed by atoms with E-state index in [2.05, 4.69) is 0 Å². The number of benzene rings is 2. The van der Waals surface area contributed by atoms with Crippen LogP contribution in [0.2, 0.25) is 0 Å². The first-order valence-corrected chi connectivity index (χ1v) is 5.36. The molecule has 0 fully saturated rings. The maximum Gasteiger partial charge on any atom is 0.321 e. The van der Waals surface area contributed by atoms with Gasteiger partial charge in [0.25, 0.3) is 0 Å². The van der Waals surface area contributed by atoms with E-state index in [0.29, 0.717) is 12.0 Å². The van der Waals surface area contributed by atoms with Gasteiger partial charge in [0, 0.05) is 0 Å². The molecule has 2 aromatic carbocycles. The molecule has 0 amide bonds. The van der Waals surface area contributed by atoms with Gasteiger partial charge in [-0.2, -0.15) is 0 Å². The van der Waals surface area contributed by atoms with Crippen molar-refractivity contribution in [3.63, 3.8) is 0 Å². The van der Waals surface area contributed by atoms with Gasteiger partial charge in [-0.25, -0.2) is 0 Å². The number of hydrogen-bond acceptors (Lipinski definition) is 3. The van der Waals surface area contributed by atoms with Gasteiger partial charge in [0.1, 0.15) is 18.0 Å². The minimum atomic E-state index is -0.735. The molecule has 0 bridgehead atoms. The van der Waals surface area contributed by atoms with Crippen LogP contribution < -0.4 is 4.74 Å². The average molecular weight is 228 g/mol. The third-order valence-corrected chi connectivity index (χ3v) is 2.52. The number of carbonyl (C=O) groups is 2. The smallest absolute Gasteiger partial charge is 0.321 e. The fourth-order valence-corrected chi connectivity index (χ4v) is 1.50. The summed E-state index contributed by atoms with van der Waals surface area (Å²) in [5, 5.41) is 2.08.